The summed E-state index contributed by atoms with van der Waals surface area (Å²) in [5, 5.41) is 0. The van der Waals surface area contributed by atoms with Crippen molar-refractivity contribution in [3.63, 3.8) is 0 Å². The van der Waals surface area contributed by atoms with E-state index in [-0.39, 0.29) is 0 Å². The van der Waals surface area contributed by atoms with Crippen LogP contribution in [0.3, 0.4) is 0 Å². The fourth-order valence-electron chi connectivity index (χ4n) is 1.69. The van der Waals surface area contributed by atoms with Gasteiger partial charge in [-0.15, -0.1) is 35.3 Å². The van der Waals surface area contributed by atoms with Crippen molar-refractivity contribution in [2.24, 2.45) is 0 Å². The van der Waals surface area contributed by atoms with E-state index in [1.54, 1.807) is 0 Å². The van der Waals surface area contributed by atoms with Crippen molar-refractivity contribution in [3.05, 3.63) is 35.9 Å². The minimum Gasteiger partial charge on any atom is -0.137 e. The van der Waals surface area contributed by atoms with Crippen LogP contribution in [0.2, 0.25) is 0 Å². The second-order valence-corrected chi connectivity index (χ2v) is 8.27. The third-order valence-corrected chi connectivity index (χ3v) is 7.84. The van der Waals surface area contributed by atoms with Crippen LogP contribution in [0.1, 0.15) is 12.0 Å². The van der Waals surface area contributed by atoms with Crippen LogP contribution in [0.4, 0.5) is 0 Å². The van der Waals surface area contributed by atoms with Crippen LogP contribution < -0.4 is 0 Å². The molecule has 0 spiro atoms. The summed E-state index contributed by atoms with van der Waals surface area (Å²) < 4.78 is 0.375. The van der Waals surface area contributed by atoms with Crippen molar-refractivity contribution >= 4 is 35.3 Å². The van der Waals surface area contributed by atoms with E-state index in [9.17, 15) is 0 Å². The summed E-state index contributed by atoms with van der Waals surface area (Å²) in [6.07, 6.45) is 4.80. The summed E-state index contributed by atoms with van der Waals surface area (Å²) in [5.74, 6) is 2.64. The van der Waals surface area contributed by atoms with Crippen molar-refractivity contribution < 1.29 is 0 Å². The fourth-order valence-corrected chi connectivity index (χ4v) is 6.20. The molecule has 2 rings (SSSR count). The van der Waals surface area contributed by atoms with Crippen LogP contribution in [0.15, 0.2) is 30.3 Å². The van der Waals surface area contributed by atoms with E-state index >= 15 is 0 Å². The highest BCUT2D eigenvalue weighted by atomic mass is 32.3. The number of thioether (sulfide) groups is 3. The van der Waals surface area contributed by atoms with Gasteiger partial charge in [-0.2, -0.15) is 0 Å². The van der Waals surface area contributed by atoms with E-state index in [2.05, 4.69) is 60.1 Å². The SMILES string of the molecule is CSC1(Cc2ccccc2)SCCCS1. The van der Waals surface area contributed by atoms with Gasteiger partial charge < -0.3 is 0 Å². The molecule has 1 aromatic rings. The third-order valence-electron chi connectivity index (χ3n) is 2.51. The van der Waals surface area contributed by atoms with Gasteiger partial charge in [0.2, 0.25) is 0 Å². The van der Waals surface area contributed by atoms with E-state index in [1.807, 2.05) is 11.8 Å². The number of benzene rings is 1. The number of rotatable bonds is 3. The average molecular weight is 256 g/mol. The Morgan fingerprint density at radius 1 is 1.20 bits per heavy atom. The molecule has 0 amide bonds. The minimum absolute atomic E-state index is 0.375. The lowest BCUT2D eigenvalue weighted by atomic mass is 10.2. The van der Waals surface area contributed by atoms with Crippen LogP contribution in [-0.2, 0) is 6.42 Å². The molecule has 0 aromatic heterocycles. The molecular formula is C12H16S3. The molecule has 3 heteroatoms. The van der Waals surface area contributed by atoms with Crippen LogP contribution >= 0.6 is 35.3 Å². The second kappa shape index (κ2) is 5.55. The van der Waals surface area contributed by atoms with Crippen LogP contribution in [-0.4, -0.2) is 21.2 Å². The van der Waals surface area contributed by atoms with E-state index in [0.29, 0.717) is 3.41 Å². The maximum atomic E-state index is 2.24. The van der Waals surface area contributed by atoms with Crippen molar-refractivity contribution in [2.45, 2.75) is 16.3 Å². The molecule has 15 heavy (non-hydrogen) atoms. The van der Waals surface area contributed by atoms with Gasteiger partial charge in [-0.3, -0.25) is 0 Å². The Kier molecular flexibility index (Phi) is 4.35. The summed E-state index contributed by atoms with van der Waals surface area (Å²) in [4.78, 5) is 0. The fraction of sp³-hybridized carbons (Fsp3) is 0.500. The van der Waals surface area contributed by atoms with Crippen molar-refractivity contribution in [3.8, 4) is 0 Å². The quantitative estimate of drug-likeness (QED) is 0.798. The molecule has 1 heterocycles. The van der Waals surface area contributed by atoms with Gasteiger partial charge in [-0.1, -0.05) is 30.3 Å². The van der Waals surface area contributed by atoms with E-state index in [1.165, 1.54) is 29.9 Å². The normalized spacial score (nSPS) is 20.1. The Morgan fingerprint density at radius 3 is 2.47 bits per heavy atom. The van der Waals surface area contributed by atoms with Gasteiger partial charge in [0.15, 0.2) is 0 Å². The molecule has 0 aliphatic carbocycles. The Labute approximate surface area is 105 Å². The Hall–Kier alpha value is 0.270. The second-order valence-electron chi connectivity index (χ2n) is 3.60. The third kappa shape index (κ3) is 3.11. The molecule has 0 atom stereocenters. The Morgan fingerprint density at radius 2 is 1.87 bits per heavy atom. The first-order valence-corrected chi connectivity index (χ1v) is 8.41. The highest BCUT2D eigenvalue weighted by Gasteiger charge is 2.32. The molecule has 1 aliphatic rings. The summed E-state index contributed by atoms with van der Waals surface area (Å²) in [5.41, 5.74) is 1.47. The lowest BCUT2D eigenvalue weighted by molar-refractivity contribution is 1.01. The maximum Gasteiger partial charge on any atom is 0.110 e. The monoisotopic (exact) mass is 256 g/mol. The van der Waals surface area contributed by atoms with Gasteiger partial charge in [-0.05, 0) is 29.7 Å². The zero-order valence-corrected chi connectivity index (χ0v) is 11.4. The molecule has 82 valence electrons. The minimum atomic E-state index is 0.375. The Balaban J connectivity index is 2.07. The van der Waals surface area contributed by atoms with Crippen molar-refractivity contribution in [2.75, 3.05) is 17.8 Å². The lowest BCUT2D eigenvalue weighted by Crippen LogP contribution is -2.23. The molecule has 0 radical (unpaired) electrons. The lowest BCUT2D eigenvalue weighted by Gasteiger charge is -2.34. The highest BCUT2D eigenvalue weighted by molar-refractivity contribution is 8.33. The van der Waals surface area contributed by atoms with Gasteiger partial charge in [0.25, 0.3) is 0 Å². The van der Waals surface area contributed by atoms with E-state index in [0.717, 1.165) is 0 Å². The number of hydrogen-bond donors (Lipinski definition) is 0. The van der Waals surface area contributed by atoms with Crippen molar-refractivity contribution in [1.29, 1.82) is 0 Å². The predicted molar refractivity (Wildman–Crippen MR) is 75.9 cm³/mol. The predicted octanol–water partition coefficient (Wildman–Crippen LogP) is 4.12. The molecule has 1 saturated heterocycles. The molecule has 1 aliphatic heterocycles. The molecule has 1 fully saturated rings. The zero-order valence-electron chi connectivity index (χ0n) is 8.94. The molecule has 1 aromatic carbocycles. The summed E-state index contributed by atoms with van der Waals surface area (Å²) in [7, 11) is 0. The van der Waals surface area contributed by atoms with E-state index < -0.39 is 0 Å². The standard InChI is InChI=1S/C12H16S3/c1-13-12(14-8-5-9-15-12)10-11-6-3-2-4-7-11/h2-4,6-7H,5,8-10H2,1H3. The largest absolute Gasteiger partial charge is 0.137 e. The van der Waals surface area contributed by atoms with Gasteiger partial charge in [-0.25, -0.2) is 0 Å². The maximum absolute atomic E-state index is 2.24. The van der Waals surface area contributed by atoms with Gasteiger partial charge in [0.05, 0.1) is 0 Å². The van der Waals surface area contributed by atoms with Crippen molar-refractivity contribution in [1.82, 2.24) is 0 Å². The Bertz CT molecular complexity index is 291. The summed E-state index contributed by atoms with van der Waals surface area (Å²) >= 11 is 6.28. The highest BCUT2D eigenvalue weighted by Crippen LogP contribution is 2.51. The smallest absolute Gasteiger partial charge is 0.110 e. The van der Waals surface area contributed by atoms with Crippen LogP contribution in [0.5, 0.6) is 0 Å². The summed E-state index contributed by atoms with van der Waals surface area (Å²) in [6, 6.07) is 10.9. The van der Waals surface area contributed by atoms with Gasteiger partial charge in [0.1, 0.15) is 3.41 Å². The van der Waals surface area contributed by atoms with Crippen LogP contribution in [0, 0.1) is 0 Å². The number of hydrogen-bond acceptors (Lipinski definition) is 3. The summed E-state index contributed by atoms with van der Waals surface area (Å²) in [6.45, 7) is 0. The first-order valence-electron chi connectivity index (χ1n) is 5.22. The average Bonchev–Trinajstić information content (AvgIpc) is 2.32. The first kappa shape index (κ1) is 11.7. The molecule has 0 saturated carbocycles. The van der Waals surface area contributed by atoms with Gasteiger partial charge in [0, 0.05) is 6.42 Å². The molecular weight excluding hydrogens is 240 g/mol. The van der Waals surface area contributed by atoms with E-state index in [4.69, 9.17) is 0 Å². The van der Waals surface area contributed by atoms with Crippen LogP contribution in [0.25, 0.3) is 0 Å². The van der Waals surface area contributed by atoms with Gasteiger partial charge >= 0.3 is 0 Å². The molecule has 0 nitrogen and oxygen atoms in total. The molecule has 0 bridgehead atoms. The molecule has 0 unspecified atom stereocenters. The first-order chi connectivity index (χ1) is 7.35. The zero-order chi connectivity index (χ0) is 10.6. The topological polar surface area (TPSA) is 0 Å². The molecule has 0 N–H and O–H groups in total.